The highest BCUT2D eigenvalue weighted by Gasteiger charge is 2.22. The first-order valence-electron chi connectivity index (χ1n) is 9.30. The zero-order valence-corrected chi connectivity index (χ0v) is 15.7. The van der Waals surface area contributed by atoms with E-state index < -0.39 is 29.1 Å². The highest BCUT2D eigenvalue weighted by molar-refractivity contribution is 5.80. The number of aromatic nitrogens is 1. The quantitative estimate of drug-likeness (QED) is 0.438. The molecule has 0 atom stereocenters. The number of anilines is 1. The minimum absolute atomic E-state index is 0.140. The molecule has 5 nitrogen and oxygen atoms in total. The summed E-state index contributed by atoms with van der Waals surface area (Å²) in [5.41, 5.74) is 3.24. The van der Waals surface area contributed by atoms with E-state index >= 15 is 0 Å². The molecular weight excluding hydrogens is 369 g/mol. The zero-order valence-electron chi connectivity index (χ0n) is 15.7. The molecule has 1 saturated heterocycles. The fraction of sp³-hybridized carbons (Fsp3) is 0.400. The van der Waals surface area contributed by atoms with Crippen molar-refractivity contribution in [1.29, 1.82) is 0 Å². The predicted molar refractivity (Wildman–Crippen MR) is 102 cm³/mol. The summed E-state index contributed by atoms with van der Waals surface area (Å²) in [6.45, 7) is 4.54. The lowest BCUT2D eigenvalue weighted by atomic mass is 10.1. The molecule has 0 spiro atoms. The van der Waals surface area contributed by atoms with Crippen molar-refractivity contribution < 1.29 is 17.9 Å². The van der Waals surface area contributed by atoms with Crippen LogP contribution in [0.3, 0.4) is 0 Å². The van der Waals surface area contributed by atoms with E-state index in [1.54, 1.807) is 6.07 Å². The van der Waals surface area contributed by atoms with Crippen molar-refractivity contribution in [3.05, 3.63) is 53.0 Å². The largest absolute Gasteiger partial charge is 0.474 e. The summed E-state index contributed by atoms with van der Waals surface area (Å²) in [5, 5.41) is 3.80. The van der Waals surface area contributed by atoms with Crippen molar-refractivity contribution in [3.8, 4) is 5.88 Å². The molecule has 150 valence electrons. The lowest BCUT2D eigenvalue weighted by molar-refractivity contribution is 0.176. The van der Waals surface area contributed by atoms with Crippen molar-refractivity contribution in [1.82, 2.24) is 9.88 Å². The van der Waals surface area contributed by atoms with E-state index in [4.69, 9.17) is 4.74 Å². The molecule has 0 radical (unpaired) electrons. The average molecular weight is 392 g/mol. The minimum atomic E-state index is -1.44. The number of nitrogens with zero attached hydrogens (tertiary/aromatic N) is 3. The lowest BCUT2D eigenvalue weighted by Gasteiger charge is -2.26. The van der Waals surface area contributed by atoms with Gasteiger partial charge < -0.3 is 4.74 Å². The number of benzene rings is 1. The van der Waals surface area contributed by atoms with Gasteiger partial charge >= 0.3 is 0 Å². The Morgan fingerprint density at radius 1 is 1.18 bits per heavy atom. The van der Waals surface area contributed by atoms with Crippen molar-refractivity contribution in [2.45, 2.75) is 26.2 Å². The standard InChI is InChI=1S/C20H23F3N4O/c1-14-6-5-7-15(12-14)13-24-26-18-16(21)19(23)25-20(17(18)22)28-11-10-27-8-3-2-4-9-27/h5-7,12-13H,2-4,8-11H2,1H3,(H,25,26). The van der Waals surface area contributed by atoms with Crippen LogP contribution in [-0.2, 0) is 0 Å². The molecule has 2 aromatic rings. The van der Waals surface area contributed by atoms with Gasteiger partial charge in [0.15, 0.2) is 0 Å². The Morgan fingerprint density at radius 2 is 1.96 bits per heavy atom. The highest BCUT2D eigenvalue weighted by atomic mass is 19.2. The van der Waals surface area contributed by atoms with Gasteiger partial charge in [-0.25, -0.2) is 0 Å². The summed E-state index contributed by atoms with van der Waals surface area (Å²) < 4.78 is 47.5. The number of piperidine rings is 1. The lowest BCUT2D eigenvalue weighted by Crippen LogP contribution is -2.33. The number of pyridine rings is 1. The Labute approximate surface area is 162 Å². The molecule has 1 N–H and O–H groups in total. The molecule has 0 bridgehead atoms. The molecule has 2 heterocycles. The first kappa shape index (κ1) is 20.1. The number of ether oxygens (including phenoxy) is 1. The second kappa shape index (κ2) is 9.54. The molecule has 1 aliphatic heterocycles. The molecule has 0 amide bonds. The minimum Gasteiger partial charge on any atom is -0.474 e. The van der Waals surface area contributed by atoms with Gasteiger partial charge in [0.05, 0.1) is 6.21 Å². The summed E-state index contributed by atoms with van der Waals surface area (Å²) in [4.78, 5) is 5.43. The molecule has 8 heteroatoms. The third-order valence-corrected chi connectivity index (χ3v) is 4.53. The maximum atomic E-state index is 14.5. The maximum absolute atomic E-state index is 14.5. The topological polar surface area (TPSA) is 49.8 Å². The molecule has 1 aliphatic rings. The maximum Gasteiger partial charge on any atom is 0.255 e. The van der Waals surface area contributed by atoms with Crippen molar-refractivity contribution in [2.24, 2.45) is 5.10 Å². The number of aryl methyl sites for hydroxylation is 1. The van der Waals surface area contributed by atoms with Gasteiger partial charge in [-0.1, -0.05) is 36.2 Å². The number of hydrogen-bond acceptors (Lipinski definition) is 5. The van der Waals surface area contributed by atoms with Gasteiger partial charge in [0.1, 0.15) is 12.3 Å². The Kier molecular flexibility index (Phi) is 6.86. The van der Waals surface area contributed by atoms with Gasteiger partial charge in [-0.2, -0.15) is 23.3 Å². The van der Waals surface area contributed by atoms with E-state index in [0.717, 1.165) is 37.1 Å². The van der Waals surface area contributed by atoms with Crippen LogP contribution < -0.4 is 10.2 Å². The monoisotopic (exact) mass is 392 g/mol. The van der Waals surface area contributed by atoms with Gasteiger partial charge in [-0.05, 0) is 38.4 Å². The molecule has 1 aromatic carbocycles. The van der Waals surface area contributed by atoms with Crippen LogP contribution in [0.15, 0.2) is 29.4 Å². The van der Waals surface area contributed by atoms with Crippen LogP contribution >= 0.6 is 0 Å². The molecule has 0 unspecified atom stereocenters. The molecule has 0 aliphatic carbocycles. The van der Waals surface area contributed by atoms with Crippen molar-refractivity contribution >= 4 is 11.9 Å². The van der Waals surface area contributed by atoms with Crippen LogP contribution in [0, 0.1) is 24.5 Å². The Bertz CT molecular complexity index is 838. The first-order valence-corrected chi connectivity index (χ1v) is 9.30. The van der Waals surface area contributed by atoms with Gasteiger partial charge in [0, 0.05) is 6.54 Å². The van der Waals surface area contributed by atoms with Crippen LogP contribution in [0.2, 0.25) is 0 Å². The number of nitrogens with one attached hydrogen (secondary N) is 1. The molecule has 1 aromatic heterocycles. The van der Waals surface area contributed by atoms with Crippen LogP contribution in [0.4, 0.5) is 18.9 Å². The van der Waals surface area contributed by atoms with Crippen LogP contribution in [0.1, 0.15) is 30.4 Å². The average Bonchev–Trinajstić information content (AvgIpc) is 2.69. The summed E-state index contributed by atoms with van der Waals surface area (Å²) in [6.07, 6.45) is 4.82. The number of halogens is 3. The second-order valence-corrected chi connectivity index (χ2v) is 6.75. The highest BCUT2D eigenvalue weighted by Crippen LogP contribution is 2.27. The number of hydrazone groups is 1. The first-order chi connectivity index (χ1) is 13.5. The summed E-state index contributed by atoms with van der Waals surface area (Å²) in [7, 11) is 0. The molecule has 28 heavy (non-hydrogen) atoms. The smallest absolute Gasteiger partial charge is 0.255 e. The predicted octanol–water partition coefficient (Wildman–Crippen LogP) is 4.12. The van der Waals surface area contributed by atoms with Crippen LogP contribution in [0.5, 0.6) is 5.88 Å². The van der Waals surface area contributed by atoms with E-state index in [1.165, 1.54) is 12.6 Å². The number of rotatable bonds is 7. The van der Waals surface area contributed by atoms with E-state index in [2.05, 4.69) is 20.4 Å². The van der Waals surface area contributed by atoms with Crippen LogP contribution in [0.25, 0.3) is 0 Å². The third-order valence-electron chi connectivity index (χ3n) is 4.53. The van der Waals surface area contributed by atoms with Crippen molar-refractivity contribution in [2.75, 3.05) is 31.7 Å². The summed E-state index contributed by atoms with van der Waals surface area (Å²) in [5.74, 6) is -4.58. The van der Waals surface area contributed by atoms with E-state index in [0.29, 0.717) is 6.54 Å². The molecular formula is C20H23F3N4O. The van der Waals surface area contributed by atoms with Gasteiger partial charge in [-0.15, -0.1) is 0 Å². The number of hydrogen-bond donors (Lipinski definition) is 1. The number of likely N-dealkylation sites (tertiary alicyclic amines) is 1. The summed E-state index contributed by atoms with van der Waals surface area (Å²) >= 11 is 0. The molecule has 3 rings (SSSR count). The van der Waals surface area contributed by atoms with E-state index in [9.17, 15) is 13.2 Å². The van der Waals surface area contributed by atoms with Crippen LogP contribution in [-0.4, -0.2) is 42.3 Å². The van der Waals surface area contributed by atoms with Gasteiger partial charge in [0.2, 0.25) is 11.6 Å². The fourth-order valence-corrected chi connectivity index (χ4v) is 3.06. The second-order valence-electron chi connectivity index (χ2n) is 6.75. The van der Waals surface area contributed by atoms with Crippen molar-refractivity contribution in [3.63, 3.8) is 0 Å². The van der Waals surface area contributed by atoms with E-state index in [1.807, 2.05) is 25.1 Å². The third kappa shape index (κ3) is 5.22. The Hall–Kier alpha value is -2.61. The van der Waals surface area contributed by atoms with Gasteiger partial charge in [0.25, 0.3) is 11.8 Å². The normalized spacial score (nSPS) is 15.1. The SMILES string of the molecule is Cc1cccc(C=NNc2c(F)c(F)nc(OCCN3CCCCC3)c2F)c1. The summed E-state index contributed by atoms with van der Waals surface area (Å²) in [6, 6.07) is 7.38. The Balaban J connectivity index is 1.66. The molecule has 1 fully saturated rings. The van der Waals surface area contributed by atoms with Gasteiger partial charge in [-0.3, -0.25) is 10.3 Å². The fourth-order valence-electron chi connectivity index (χ4n) is 3.06. The Morgan fingerprint density at radius 3 is 2.71 bits per heavy atom. The zero-order chi connectivity index (χ0) is 19.9. The van der Waals surface area contributed by atoms with E-state index in [-0.39, 0.29) is 6.61 Å². The molecule has 0 saturated carbocycles.